The lowest BCUT2D eigenvalue weighted by atomic mass is 9.66. The molecule has 4 heterocycles. The zero-order valence-electron chi connectivity index (χ0n) is 17.7. The second-order valence-electron chi connectivity index (χ2n) is 8.27. The summed E-state index contributed by atoms with van der Waals surface area (Å²) in [6, 6.07) is 6.36. The number of pyridine rings is 1. The molecule has 2 aromatic rings. The molecule has 8 heteroatoms. The fraction of sp³-hybridized carbons (Fsp3) is 0.500. The third-order valence-electron chi connectivity index (χ3n) is 6.46. The van der Waals surface area contributed by atoms with Crippen molar-refractivity contribution in [3.8, 4) is 6.07 Å². The maximum atomic E-state index is 9.70. The first-order valence-corrected chi connectivity index (χ1v) is 10.4. The summed E-state index contributed by atoms with van der Waals surface area (Å²) in [5, 5.41) is 11.6. The Labute approximate surface area is 177 Å². The number of carbonyl (C=O) groups is 1. The Bertz CT molecular complexity index is 995. The van der Waals surface area contributed by atoms with Crippen molar-refractivity contribution < 1.29 is 4.79 Å². The fourth-order valence-corrected chi connectivity index (χ4v) is 4.39. The third-order valence-corrected chi connectivity index (χ3v) is 6.46. The van der Waals surface area contributed by atoms with Gasteiger partial charge in [0.15, 0.2) is 0 Å². The minimum Gasteiger partial charge on any atom is -0.359 e. The monoisotopic (exact) mass is 405 g/mol. The number of nitrogens with zero attached hydrogens (tertiary/aromatic N) is 6. The third kappa shape index (κ3) is 3.34. The van der Waals surface area contributed by atoms with Crippen LogP contribution in [-0.2, 0) is 10.2 Å². The number of anilines is 3. The van der Waals surface area contributed by atoms with Gasteiger partial charge in [-0.05, 0) is 38.3 Å². The van der Waals surface area contributed by atoms with E-state index in [1.165, 1.54) is 38.2 Å². The Balaban J connectivity index is 0.000000393. The molecule has 156 valence electrons. The van der Waals surface area contributed by atoms with E-state index in [-0.39, 0.29) is 11.3 Å². The van der Waals surface area contributed by atoms with Gasteiger partial charge in [0.1, 0.15) is 23.8 Å². The molecule has 1 atom stereocenters. The summed E-state index contributed by atoms with van der Waals surface area (Å²) < 4.78 is 0. The van der Waals surface area contributed by atoms with Gasteiger partial charge in [-0.1, -0.05) is 6.42 Å². The molecule has 2 fully saturated rings. The van der Waals surface area contributed by atoms with E-state index in [9.17, 15) is 10.1 Å². The summed E-state index contributed by atoms with van der Waals surface area (Å²) >= 11 is 0. The topological polar surface area (TPSA) is 98.0 Å². The molecule has 1 saturated heterocycles. The van der Waals surface area contributed by atoms with E-state index in [4.69, 9.17) is 0 Å². The van der Waals surface area contributed by atoms with Gasteiger partial charge in [0.05, 0.1) is 11.6 Å². The summed E-state index contributed by atoms with van der Waals surface area (Å²) in [6.45, 7) is 5.69. The van der Waals surface area contributed by atoms with Crippen molar-refractivity contribution in [1.82, 2.24) is 20.3 Å². The highest BCUT2D eigenvalue weighted by atomic mass is 16.1. The molecule has 1 aliphatic carbocycles. The van der Waals surface area contributed by atoms with Crippen LogP contribution in [-0.4, -0.2) is 47.0 Å². The number of hydrogen-bond donors (Lipinski definition) is 1. The Morgan fingerprint density at radius 2 is 2.03 bits per heavy atom. The van der Waals surface area contributed by atoms with Crippen molar-refractivity contribution in [3.05, 3.63) is 35.8 Å². The Morgan fingerprint density at radius 1 is 1.30 bits per heavy atom. The molecule has 1 amide bonds. The van der Waals surface area contributed by atoms with Crippen molar-refractivity contribution in [3.63, 3.8) is 0 Å². The van der Waals surface area contributed by atoms with Crippen LogP contribution in [0.5, 0.6) is 0 Å². The van der Waals surface area contributed by atoms with Crippen LogP contribution in [0.25, 0.3) is 0 Å². The van der Waals surface area contributed by atoms with E-state index >= 15 is 0 Å². The highest BCUT2D eigenvalue weighted by Crippen LogP contribution is 2.56. The molecule has 2 aliphatic heterocycles. The highest BCUT2D eigenvalue weighted by Gasteiger charge is 2.51. The second-order valence-corrected chi connectivity index (χ2v) is 8.27. The number of fused-ring (bicyclic) bond motifs is 2. The number of aromatic nitrogens is 3. The Kier molecular flexibility index (Phi) is 5.29. The first kappa shape index (κ1) is 20.1. The Hall–Kier alpha value is -3.21. The second kappa shape index (κ2) is 7.90. The molecular weight excluding hydrogens is 378 g/mol. The van der Waals surface area contributed by atoms with Crippen LogP contribution >= 0.6 is 0 Å². The lowest BCUT2D eigenvalue weighted by Gasteiger charge is -2.44. The van der Waals surface area contributed by atoms with Crippen molar-refractivity contribution in [2.45, 2.75) is 51.0 Å². The Morgan fingerprint density at radius 3 is 2.57 bits per heavy atom. The molecule has 1 spiro atoms. The zero-order chi connectivity index (χ0) is 21.3. The molecule has 30 heavy (non-hydrogen) atoms. The number of nitriles is 1. The number of hydrogen-bond acceptors (Lipinski definition) is 7. The van der Waals surface area contributed by atoms with E-state index in [1.807, 2.05) is 6.07 Å². The highest BCUT2D eigenvalue weighted by molar-refractivity contribution is 5.75. The van der Waals surface area contributed by atoms with Crippen molar-refractivity contribution in [2.75, 3.05) is 29.9 Å². The predicted molar refractivity (Wildman–Crippen MR) is 115 cm³/mol. The van der Waals surface area contributed by atoms with Crippen LogP contribution in [0.4, 0.5) is 17.5 Å². The summed E-state index contributed by atoms with van der Waals surface area (Å²) in [4.78, 5) is 28.1. The standard InChI is InChI=1S/C19H20N6.C3H7NO/c1-13-4-8-24(13)17-16-18(23-12-22-17)25(11-19(16)5-2-6-19)15-9-14(10-20)3-7-21-15;1-3(5)4-2/h3,7,9,12-13H,2,4-6,8,11H2,1H3;1-2H3,(H,4,5). The lowest BCUT2D eigenvalue weighted by molar-refractivity contribution is -0.118. The summed E-state index contributed by atoms with van der Waals surface area (Å²) in [5.74, 6) is 2.91. The van der Waals surface area contributed by atoms with Crippen molar-refractivity contribution in [2.24, 2.45) is 0 Å². The lowest BCUT2D eigenvalue weighted by Crippen LogP contribution is -2.48. The van der Waals surface area contributed by atoms with Gasteiger partial charge in [0.25, 0.3) is 0 Å². The van der Waals surface area contributed by atoms with Crippen LogP contribution < -0.4 is 15.1 Å². The molecule has 0 aromatic carbocycles. The number of carbonyl (C=O) groups excluding carboxylic acids is 1. The van der Waals surface area contributed by atoms with Crippen LogP contribution in [0, 0.1) is 11.3 Å². The summed E-state index contributed by atoms with van der Waals surface area (Å²) in [5.41, 5.74) is 2.08. The van der Waals surface area contributed by atoms with Crippen LogP contribution in [0.3, 0.4) is 0 Å². The van der Waals surface area contributed by atoms with E-state index in [2.05, 4.69) is 43.1 Å². The maximum absolute atomic E-state index is 9.70. The fourth-order valence-electron chi connectivity index (χ4n) is 4.39. The average molecular weight is 406 g/mol. The van der Waals surface area contributed by atoms with E-state index in [0.29, 0.717) is 11.6 Å². The minimum absolute atomic E-state index is 0.00463. The van der Waals surface area contributed by atoms with Gasteiger partial charge in [0.2, 0.25) is 5.91 Å². The van der Waals surface area contributed by atoms with Gasteiger partial charge in [0, 0.05) is 50.3 Å². The van der Waals surface area contributed by atoms with Gasteiger partial charge in [-0.15, -0.1) is 0 Å². The quantitative estimate of drug-likeness (QED) is 0.820. The molecule has 0 bridgehead atoms. The zero-order valence-corrected chi connectivity index (χ0v) is 17.7. The molecule has 8 nitrogen and oxygen atoms in total. The molecule has 1 unspecified atom stereocenters. The first-order valence-electron chi connectivity index (χ1n) is 10.4. The number of nitrogens with one attached hydrogen (secondary N) is 1. The van der Waals surface area contributed by atoms with Gasteiger partial charge in [-0.3, -0.25) is 4.79 Å². The molecule has 0 radical (unpaired) electrons. The smallest absolute Gasteiger partial charge is 0.216 e. The average Bonchev–Trinajstić information content (AvgIpc) is 3.10. The van der Waals surface area contributed by atoms with Gasteiger partial charge in [-0.2, -0.15) is 5.26 Å². The minimum atomic E-state index is 0.00463. The SMILES string of the molecule is CC1CCN1c1ncnc2c1C1(CCC1)CN2c1cc(C#N)ccn1.CNC(C)=O. The van der Waals surface area contributed by atoms with Crippen LogP contribution in [0.1, 0.15) is 50.7 Å². The maximum Gasteiger partial charge on any atom is 0.216 e. The molecule has 2 aromatic heterocycles. The normalized spacial score (nSPS) is 20.3. The predicted octanol–water partition coefficient (Wildman–Crippen LogP) is 2.67. The van der Waals surface area contributed by atoms with E-state index < -0.39 is 0 Å². The van der Waals surface area contributed by atoms with Gasteiger partial charge in [-0.25, -0.2) is 15.0 Å². The van der Waals surface area contributed by atoms with Crippen molar-refractivity contribution >= 4 is 23.4 Å². The summed E-state index contributed by atoms with van der Waals surface area (Å²) in [7, 11) is 1.60. The van der Waals surface area contributed by atoms with Gasteiger partial charge >= 0.3 is 0 Å². The van der Waals surface area contributed by atoms with Crippen LogP contribution in [0.15, 0.2) is 24.7 Å². The van der Waals surface area contributed by atoms with Gasteiger partial charge < -0.3 is 15.1 Å². The molecule has 1 N–H and O–H groups in total. The number of amides is 1. The van der Waals surface area contributed by atoms with E-state index in [0.717, 1.165) is 30.5 Å². The van der Waals surface area contributed by atoms with E-state index in [1.54, 1.807) is 25.6 Å². The first-order chi connectivity index (χ1) is 14.5. The molecule has 5 rings (SSSR count). The largest absolute Gasteiger partial charge is 0.359 e. The molecule has 1 saturated carbocycles. The van der Waals surface area contributed by atoms with Crippen LogP contribution in [0.2, 0.25) is 0 Å². The van der Waals surface area contributed by atoms with Crippen molar-refractivity contribution in [1.29, 1.82) is 5.26 Å². The molecule has 3 aliphatic rings. The number of rotatable bonds is 2. The summed E-state index contributed by atoms with van der Waals surface area (Å²) in [6.07, 6.45) is 8.22. The molecular formula is C22H27N7O.